The van der Waals surface area contributed by atoms with E-state index in [9.17, 15) is 4.79 Å². The minimum atomic E-state index is -0.223. The van der Waals surface area contributed by atoms with Crippen LogP contribution in [0, 0.1) is 0 Å². The zero-order valence-corrected chi connectivity index (χ0v) is 7.62. The van der Waals surface area contributed by atoms with Crippen LogP contribution in [0.4, 0.5) is 0 Å². The normalized spacial score (nSPS) is 39.2. The fourth-order valence-corrected chi connectivity index (χ4v) is 2.35. The van der Waals surface area contributed by atoms with E-state index in [1.165, 1.54) is 6.42 Å². The lowest BCUT2D eigenvalue weighted by Crippen LogP contribution is -2.46. The van der Waals surface area contributed by atoms with Gasteiger partial charge in [-0.05, 0) is 25.7 Å². The molecule has 4 heteroatoms. The van der Waals surface area contributed by atoms with Crippen LogP contribution < -0.4 is 5.48 Å². The standard InChI is InChI=1S/C9H15NO3/c11-7-12-8-3-1-2-4-9(8)5-6-10-13-9/h7-8,10H,1-6H2. The van der Waals surface area contributed by atoms with Crippen LogP contribution in [0.5, 0.6) is 0 Å². The fourth-order valence-electron chi connectivity index (χ4n) is 2.35. The molecule has 1 N–H and O–H groups in total. The Morgan fingerprint density at radius 1 is 1.46 bits per heavy atom. The summed E-state index contributed by atoms with van der Waals surface area (Å²) in [6.07, 6.45) is 5.13. The first-order valence-electron chi connectivity index (χ1n) is 4.87. The molecule has 1 spiro atoms. The van der Waals surface area contributed by atoms with Gasteiger partial charge in [-0.2, -0.15) is 0 Å². The fraction of sp³-hybridized carbons (Fsp3) is 0.889. The molecular formula is C9H15NO3. The van der Waals surface area contributed by atoms with Gasteiger partial charge in [0, 0.05) is 6.54 Å². The number of hydrogen-bond acceptors (Lipinski definition) is 4. The van der Waals surface area contributed by atoms with Gasteiger partial charge in [0.05, 0.1) is 0 Å². The molecule has 13 heavy (non-hydrogen) atoms. The van der Waals surface area contributed by atoms with Gasteiger partial charge in [-0.25, -0.2) is 5.48 Å². The predicted molar refractivity (Wildman–Crippen MR) is 45.8 cm³/mol. The van der Waals surface area contributed by atoms with E-state index in [1.54, 1.807) is 0 Å². The highest BCUT2D eigenvalue weighted by atomic mass is 16.7. The summed E-state index contributed by atoms with van der Waals surface area (Å²) < 4.78 is 5.08. The summed E-state index contributed by atoms with van der Waals surface area (Å²) in [7, 11) is 0. The minimum Gasteiger partial charge on any atom is -0.461 e. The highest BCUT2D eigenvalue weighted by Crippen LogP contribution is 2.37. The van der Waals surface area contributed by atoms with Gasteiger partial charge in [0.2, 0.25) is 0 Å². The molecule has 0 aromatic heterocycles. The van der Waals surface area contributed by atoms with Gasteiger partial charge < -0.3 is 4.74 Å². The van der Waals surface area contributed by atoms with E-state index in [0.29, 0.717) is 6.47 Å². The first-order chi connectivity index (χ1) is 6.37. The SMILES string of the molecule is O=COC1CCCCC12CCNO2. The van der Waals surface area contributed by atoms with E-state index in [2.05, 4.69) is 5.48 Å². The summed E-state index contributed by atoms with van der Waals surface area (Å²) in [5.74, 6) is 0. The van der Waals surface area contributed by atoms with Crippen molar-refractivity contribution < 1.29 is 14.4 Å². The van der Waals surface area contributed by atoms with Gasteiger partial charge in [-0.1, -0.05) is 6.42 Å². The third kappa shape index (κ3) is 1.56. The van der Waals surface area contributed by atoms with Crippen LogP contribution in [0.3, 0.4) is 0 Å². The second kappa shape index (κ2) is 3.64. The molecule has 2 unspecified atom stereocenters. The van der Waals surface area contributed by atoms with Crippen molar-refractivity contribution in [1.29, 1.82) is 0 Å². The number of rotatable bonds is 2. The quantitative estimate of drug-likeness (QED) is 0.645. The second-order valence-corrected chi connectivity index (χ2v) is 3.78. The van der Waals surface area contributed by atoms with Crippen molar-refractivity contribution in [3.63, 3.8) is 0 Å². The Hall–Kier alpha value is -0.610. The highest BCUT2D eigenvalue weighted by Gasteiger charge is 2.46. The maximum atomic E-state index is 10.3. The molecule has 4 nitrogen and oxygen atoms in total. The zero-order chi connectivity index (χ0) is 9.15. The topological polar surface area (TPSA) is 47.6 Å². The van der Waals surface area contributed by atoms with Crippen LogP contribution in [-0.4, -0.2) is 24.7 Å². The Kier molecular flexibility index (Phi) is 2.51. The molecule has 74 valence electrons. The average Bonchev–Trinajstić information content (AvgIpc) is 2.59. The van der Waals surface area contributed by atoms with Crippen LogP contribution in [0.15, 0.2) is 0 Å². The molecule has 0 aromatic carbocycles. The number of carbonyl (C=O) groups excluding carboxylic acids is 1. The number of hydroxylamine groups is 1. The predicted octanol–water partition coefficient (Wildman–Crippen LogP) is 0.766. The molecular weight excluding hydrogens is 170 g/mol. The summed E-state index contributed by atoms with van der Waals surface area (Å²) in [5, 5.41) is 0. The molecule has 1 saturated carbocycles. The van der Waals surface area contributed by atoms with E-state index in [4.69, 9.17) is 9.57 Å². The van der Waals surface area contributed by atoms with Gasteiger partial charge in [0.25, 0.3) is 6.47 Å². The molecule has 2 atom stereocenters. The Morgan fingerprint density at radius 2 is 2.38 bits per heavy atom. The molecule has 2 aliphatic rings. The van der Waals surface area contributed by atoms with Crippen LogP contribution in [0.1, 0.15) is 32.1 Å². The van der Waals surface area contributed by atoms with Crippen molar-refractivity contribution in [2.75, 3.05) is 6.54 Å². The van der Waals surface area contributed by atoms with Gasteiger partial charge in [0.1, 0.15) is 11.7 Å². The summed E-state index contributed by atoms with van der Waals surface area (Å²) in [4.78, 5) is 15.8. The Bertz CT molecular complexity index is 189. The van der Waals surface area contributed by atoms with Crippen molar-refractivity contribution in [1.82, 2.24) is 5.48 Å². The molecule has 0 aromatic rings. The van der Waals surface area contributed by atoms with Crippen molar-refractivity contribution in [3.8, 4) is 0 Å². The number of ether oxygens (including phenoxy) is 1. The molecule has 0 bridgehead atoms. The second-order valence-electron chi connectivity index (χ2n) is 3.78. The summed E-state index contributed by atoms with van der Waals surface area (Å²) in [6, 6.07) is 0. The summed E-state index contributed by atoms with van der Waals surface area (Å²) in [6.45, 7) is 1.40. The lowest BCUT2D eigenvalue weighted by molar-refractivity contribution is -0.171. The van der Waals surface area contributed by atoms with Crippen LogP contribution in [0.2, 0.25) is 0 Å². The summed E-state index contributed by atoms with van der Waals surface area (Å²) in [5.41, 5.74) is 2.65. The Labute approximate surface area is 77.5 Å². The van der Waals surface area contributed by atoms with Crippen LogP contribution in [-0.2, 0) is 14.4 Å². The Morgan fingerprint density at radius 3 is 3.08 bits per heavy atom. The average molecular weight is 185 g/mol. The lowest BCUT2D eigenvalue weighted by atomic mass is 9.80. The first-order valence-corrected chi connectivity index (χ1v) is 4.87. The molecule has 1 saturated heterocycles. The number of hydrogen-bond donors (Lipinski definition) is 1. The van der Waals surface area contributed by atoms with Crippen LogP contribution in [0.25, 0.3) is 0 Å². The van der Waals surface area contributed by atoms with Gasteiger partial charge in [0.15, 0.2) is 0 Å². The summed E-state index contributed by atoms with van der Waals surface area (Å²) >= 11 is 0. The van der Waals surface area contributed by atoms with Gasteiger partial charge in [-0.15, -0.1) is 0 Å². The Balaban J connectivity index is 2.06. The number of carbonyl (C=O) groups is 1. The van der Waals surface area contributed by atoms with Crippen LogP contribution >= 0.6 is 0 Å². The number of nitrogens with one attached hydrogen (secondary N) is 1. The van der Waals surface area contributed by atoms with Gasteiger partial charge >= 0.3 is 0 Å². The van der Waals surface area contributed by atoms with Gasteiger partial charge in [-0.3, -0.25) is 9.63 Å². The minimum absolute atomic E-state index is 0.0475. The van der Waals surface area contributed by atoms with Crippen molar-refractivity contribution in [2.45, 2.75) is 43.8 Å². The largest absolute Gasteiger partial charge is 0.461 e. The van der Waals surface area contributed by atoms with E-state index in [1.807, 2.05) is 0 Å². The molecule has 1 aliphatic carbocycles. The third-order valence-electron chi connectivity index (χ3n) is 3.05. The molecule has 1 aliphatic heterocycles. The maximum Gasteiger partial charge on any atom is 0.293 e. The van der Waals surface area contributed by atoms with Crippen molar-refractivity contribution in [3.05, 3.63) is 0 Å². The molecule has 0 radical (unpaired) electrons. The van der Waals surface area contributed by atoms with E-state index >= 15 is 0 Å². The zero-order valence-electron chi connectivity index (χ0n) is 7.62. The smallest absolute Gasteiger partial charge is 0.293 e. The lowest BCUT2D eigenvalue weighted by Gasteiger charge is -2.37. The maximum absolute atomic E-state index is 10.3. The molecule has 1 heterocycles. The van der Waals surface area contributed by atoms with E-state index in [-0.39, 0.29) is 11.7 Å². The highest BCUT2D eigenvalue weighted by molar-refractivity contribution is 5.38. The van der Waals surface area contributed by atoms with E-state index < -0.39 is 0 Å². The van der Waals surface area contributed by atoms with Crippen molar-refractivity contribution in [2.24, 2.45) is 0 Å². The van der Waals surface area contributed by atoms with Crippen molar-refractivity contribution >= 4 is 6.47 Å². The third-order valence-corrected chi connectivity index (χ3v) is 3.05. The van der Waals surface area contributed by atoms with E-state index in [0.717, 1.165) is 32.2 Å². The first kappa shape index (κ1) is 8.97. The monoisotopic (exact) mass is 185 g/mol. The molecule has 2 rings (SSSR count). The molecule has 0 amide bonds. The molecule has 2 fully saturated rings.